The lowest BCUT2D eigenvalue weighted by molar-refractivity contribution is -0.141. The van der Waals surface area contributed by atoms with E-state index in [9.17, 15) is 9.59 Å². The van der Waals surface area contributed by atoms with E-state index >= 15 is 0 Å². The molecule has 0 aromatic rings. The highest BCUT2D eigenvalue weighted by Gasteiger charge is 2.16. The topological polar surface area (TPSA) is 58.6 Å². The fourth-order valence-corrected chi connectivity index (χ4v) is 1.23. The Kier molecular flexibility index (Phi) is 3.70. The SMILES string of the molecule is COC(=O)CCN1CCNC(=O)C1. The van der Waals surface area contributed by atoms with Crippen LogP contribution in [-0.2, 0) is 14.3 Å². The van der Waals surface area contributed by atoms with Gasteiger partial charge in [0.2, 0.25) is 5.91 Å². The molecule has 1 aliphatic heterocycles. The summed E-state index contributed by atoms with van der Waals surface area (Å²) in [4.78, 5) is 23.6. The summed E-state index contributed by atoms with van der Waals surface area (Å²) in [5, 5.41) is 2.72. The minimum absolute atomic E-state index is 0.0242. The second-order valence-electron chi connectivity index (χ2n) is 2.95. The second-order valence-corrected chi connectivity index (χ2v) is 2.95. The van der Waals surface area contributed by atoms with Crippen molar-refractivity contribution in [3.8, 4) is 0 Å². The molecule has 0 saturated carbocycles. The predicted octanol–water partition coefficient (Wildman–Crippen LogP) is -1.02. The van der Waals surface area contributed by atoms with Crippen LogP contribution >= 0.6 is 0 Å². The predicted molar refractivity (Wildman–Crippen MR) is 46.1 cm³/mol. The van der Waals surface area contributed by atoms with Gasteiger partial charge in [-0.2, -0.15) is 0 Å². The quantitative estimate of drug-likeness (QED) is 0.573. The number of nitrogens with zero attached hydrogens (tertiary/aromatic N) is 1. The average Bonchev–Trinajstić information content (AvgIpc) is 2.14. The number of rotatable bonds is 3. The molecule has 1 aliphatic rings. The van der Waals surface area contributed by atoms with Gasteiger partial charge in [-0.15, -0.1) is 0 Å². The Morgan fingerprint density at radius 3 is 3.08 bits per heavy atom. The second kappa shape index (κ2) is 4.81. The molecule has 0 aromatic heterocycles. The van der Waals surface area contributed by atoms with E-state index in [0.29, 0.717) is 26.1 Å². The summed E-state index contributed by atoms with van der Waals surface area (Å²) in [6.07, 6.45) is 0.351. The van der Waals surface area contributed by atoms with Gasteiger partial charge in [0, 0.05) is 19.6 Å². The number of hydrogen-bond acceptors (Lipinski definition) is 4. The zero-order chi connectivity index (χ0) is 9.68. The van der Waals surface area contributed by atoms with E-state index in [1.54, 1.807) is 0 Å². The molecule has 0 aromatic carbocycles. The maximum absolute atomic E-state index is 10.9. The monoisotopic (exact) mass is 186 g/mol. The Hall–Kier alpha value is -1.10. The van der Waals surface area contributed by atoms with Crippen LogP contribution in [0.2, 0.25) is 0 Å². The Bertz CT molecular complexity index is 206. The maximum Gasteiger partial charge on any atom is 0.306 e. The lowest BCUT2D eigenvalue weighted by atomic mass is 10.3. The molecule has 5 nitrogen and oxygen atoms in total. The third-order valence-electron chi connectivity index (χ3n) is 1.98. The van der Waals surface area contributed by atoms with Gasteiger partial charge in [0.25, 0.3) is 0 Å². The van der Waals surface area contributed by atoms with Crippen LogP contribution in [-0.4, -0.2) is 50.1 Å². The van der Waals surface area contributed by atoms with Crippen molar-refractivity contribution in [1.82, 2.24) is 10.2 Å². The van der Waals surface area contributed by atoms with Crippen molar-refractivity contribution in [2.75, 3.05) is 33.3 Å². The van der Waals surface area contributed by atoms with E-state index in [4.69, 9.17) is 0 Å². The van der Waals surface area contributed by atoms with Crippen molar-refractivity contribution in [3.63, 3.8) is 0 Å². The fourth-order valence-electron chi connectivity index (χ4n) is 1.23. The first kappa shape index (κ1) is 9.98. The largest absolute Gasteiger partial charge is 0.469 e. The molecule has 0 radical (unpaired) electrons. The van der Waals surface area contributed by atoms with Crippen LogP contribution in [0.1, 0.15) is 6.42 Å². The van der Waals surface area contributed by atoms with Crippen LogP contribution in [0, 0.1) is 0 Å². The average molecular weight is 186 g/mol. The highest BCUT2D eigenvalue weighted by Crippen LogP contribution is 1.96. The van der Waals surface area contributed by atoms with Gasteiger partial charge in [0.1, 0.15) is 0 Å². The number of esters is 1. The molecule has 13 heavy (non-hydrogen) atoms. The molecular formula is C8H14N2O3. The Balaban J connectivity index is 2.20. The fraction of sp³-hybridized carbons (Fsp3) is 0.750. The molecule has 1 amide bonds. The van der Waals surface area contributed by atoms with Crippen molar-refractivity contribution in [2.24, 2.45) is 0 Å². The van der Waals surface area contributed by atoms with Crippen molar-refractivity contribution in [1.29, 1.82) is 0 Å². The summed E-state index contributed by atoms with van der Waals surface area (Å²) in [5.74, 6) is -0.206. The van der Waals surface area contributed by atoms with E-state index in [1.165, 1.54) is 7.11 Å². The summed E-state index contributed by atoms with van der Waals surface area (Å²) in [6.45, 7) is 2.46. The molecule has 1 saturated heterocycles. The minimum Gasteiger partial charge on any atom is -0.469 e. The molecule has 5 heteroatoms. The lowest BCUT2D eigenvalue weighted by Crippen LogP contribution is -2.48. The Labute approximate surface area is 77.0 Å². The van der Waals surface area contributed by atoms with Crippen molar-refractivity contribution in [2.45, 2.75) is 6.42 Å². The molecule has 0 bridgehead atoms. The molecule has 0 unspecified atom stereocenters. The molecular weight excluding hydrogens is 172 g/mol. The lowest BCUT2D eigenvalue weighted by Gasteiger charge is -2.25. The van der Waals surface area contributed by atoms with Crippen LogP contribution < -0.4 is 5.32 Å². The molecule has 1 N–H and O–H groups in total. The van der Waals surface area contributed by atoms with E-state index in [-0.39, 0.29) is 11.9 Å². The van der Waals surface area contributed by atoms with Gasteiger partial charge in [-0.1, -0.05) is 0 Å². The number of amides is 1. The number of methoxy groups -OCH3 is 1. The Morgan fingerprint density at radius 1 is 1.69 bits per heavy atom. The van der Waals surface area contributed by atoms with E-state index < -0.39 is 0 Å². The van der Waals surface area contributed by atoms with Crippen molar-refractivity contribution < 1.29 is 14.3 Å². The van der Waals surface area contributed by atoms with Gasteiger partial charge in [-0.05, 0) is 0 Å². The number of nitrogens with one attached hydrogen (secondary N) is 1. The summed E-state index contributed by atoms with van der Waals surface area (Å²) in [6, 6.07) is 0. The van der Waals surface area contributed by atoms with E-state index in [1.807, 2.05) is 4.90 Å². The van der Waals surface area contributed by atoms with Crippen LogP contribution in [0.25, 0.3) is 0 Å². The summed E-state index contributed by atoms with van der Waals surface area (Å²) >= 11 is 0. The zero-order valence-electron chi connectivity index (χ0n) is 7.71. The van der Waals surface area contributed by atoms with Gasteiger partial charge in [-0.3, -0.25) is 14.5 Å². The normalized spacial score (nSPS) is 18.1. The maximum atomic E-state index is 10.9. The van der Waals surface area contributed by atoms with Crippen molar-refractivity contribution >= 4 is 11.9 Å². The first-order chi connectivity index (χ1) is 6.22. The first-order valence-corrected chi connectivity index (χ1v) is 4.28. The smallest absolute Gasteiger partial charge is 0.306 e. The van der Waals surface area contributed by atoms with Crippen LogP contribution in [0.5, 0.6) is 0 Å². The van der Waals surface area contributed by atoms with Crippen LogP contribution in [0.15, 0.2) is 0 Å². The highest BCUT2D eigenvalue weighted by molar-refractivity contribution is 5.78. The number of ether oxygens (including phenoxy) is 1. The highest BCUT2D eigenvalue weighted by atomic mass is 16.5. The van der Waals surface area contributed by atoms with Gasteiger partial charge in [0.15, 0.2) is 0 Å². The zero-order valence-corrected chi connectivity index (χ0v) is 7.71. The molecule has 74 valence electrons. The number of carbonyl (C=O) groups excluding carboxylic acids is 2. The van der Waals surface area contributed by atoms with E-state index in [2.05, 4.69) is 10.1 Å². The number of hydrogen-bond donors (Lipinski definition) is 1. The molecule has 1 rings (SSSR count). The third kappa shape index (κ3) is 3.42. The van der Waals surface area contributed by atoms with Gasteiger partial charge in [0.05, 0.1) is 20.1 Å². The molecule has 1 fully saturated rings. The molecule has 0 spiro atoms. The van der Waals surface area contributed by atoms with Gasteiger partial charge < -0.3 is 10.1 Å². The summed E-state index contributed by atoms with van der Waals surface area (Å²) in [7, 11) is 1.37. The summed E-state index contributed by atoms with van der Waals surface area (Å²) in [5.41, 5.74) is 0. The molecule has 0 aliphatic carbocycles. The number of carbonyl (C=O) groups is 2. The van der Waals surface area contributed by atoms with Gasteiger partial charge in [-0.25, -0.2) is 0 Å². The minimum atomic E-state index is -0.231. The number of piperazine rings is 1. The first-order valence-electron chi connectivity index (χ1n) is 4.28. The van der Waals surface area contributed by atoms with Crippen LogP contribution in [0.4, 0.5) is 0 Å². The Morgan fingerprint density at radius 2 is 2.46 bits per heavy atom. The summed E-state index contributed by atoms with van der Waals surface area (Å²) < 4.78 is 4.50. The molecule has 1 heterocycles. The van der Waals surface area contributed by atoms with Gasteiger partial charge >= 0.3 is 5.97 Å². The third-order valence-corrected chi connectivity index (χ3v) is 1.98. The molecule has 0 atom stereocenters. The van der Waals surface area contributed by atoms with E-state index in [0.717, 1.165) is 6.54 Å². The standard InChI is InChI=1S/C8H14N2O3/c1-13-8(12)2-4-10-5-3-9-7(11)6-10/h2-6H2,1H3,(H,9,11). The van der Waals surface area contributed by atoms with Crippen molar-refractivity contribution in [3.05, 3.63) is 0 Å². The van der Waals surface area contributed by atoms with Crippen LogP contribution in [0.3, 0.4) is 0 Å².